The van der Waals surface area contributed by atoms with E-state index in [-0.39, 0.29) is 10.8 Å². The fraction of sp³-hybridized carbons (Fsp3) is 0.775. The average molecular weight is 1300 g/mol. The molecule has 8 nitrogen and oxygen atoms in total. The maximum absolute atomic E-state index is 7.06. The van der Waals surface area contributed by atoms with Gasteiger partial charge in [-0.2, -0.15) is 17.5 Å². The van der Waals surface area contributed by atoms with Crippen molar-refractivity contribution in [1.29, 1.82) is 0 Å². The number of benzene rings is 3. The van der Waals surface area contributed by atoms with Gasteiger partial charge in [-0.3, -0.25) is 0 Å². The zero-order valence-electron chi connectivity index (χ0n) is 60.8. The molecule has 9 rings (SSSR count). The molecule has 0 N–H and O–H groups in total. The molecule has 0 unspecified atom stereocenters. The molecule has 2 aliphatic carbocycles. The zero-order chi connectivity index (χ0) is 65.2. The maximum Gasteiger partial charge on any atom is 0.497 e. The molecule has 510 valence electrons. The molecule has 0 saturated carbocycles. The molecule has 0 bridgehead atoms. The summed E-state index contributed by atoms with van der Waals surface area (Å²) in [4.78, 5) is 0. The molecule has 2 aliphatic heterocycles. The van der Waals surface area contributed by atoms with Crippen molar-refractivity contribution in [2.24, 2.45) is 0 Å². The van der Waals surface area contributed by atoms with Gasteiger partial charge in [-0.05, 0) is 127 Å². The predicted octanol–water partition coefficient (Wildman–Crippen LogP) is 24.1. The summed E-state index contributed by atoms with van der Waals surface area (Å²) in [6.45, 7) is 26.8. The second-order valence-electron chi connectivity index (χ2n) is 31.7. The van der Waals surface area contributed by atoms with Crippen molar-refractivity contribution in [3.05, 3.63) is 46.5 Å². The Labute approximate surface area is 570 Å². The Kier molecular flexibility index (Phi) is 27.7. The first-order chi connectivity index (χ1) is 44.5. The average Bonchev–Trinajstić information content (AvgIpc) is 1.52. The lowest BCUT2D eigenvalue weighted by Gasteiger charge is -2.35. The van der Waals surface area contributed by atoms with Gasteiger partial charge in [-0.1, -0.05) is 297 Å². The third kappa shape index (κ3) is 17.0. The van der Waals surface area contributed by atoms with E-state index in [1.165, 1.54) is 325 Å². The Morgan fingerprint density at radius 1 is 0.283 bits per heavy atom. The highest BCUT2D eigenvalue weighted by atomic mass is 32.1. The number of hydrogen-bond donors (Lipinski definition) is 0. The number of unbranched alkanes of at least 4 members (excludes halogenated alkanes) is 36. The SMILES string of the molecule is CCCCCCCCCCCCC1(CCCCCCCCCCCC)c2cc3c(cc2-c2c1cc(B1OC(C)(C)C(C)(C)O1)c1nsnc21)C(CCCCCCCCCCCC)(CCCCCCCCCCCC)c1cc(B2OC(C)(C)C(C)(C)O2)c2nsnc2c1-3. The Morgan fingerprint density at radius 2 is 0.500 bits per heavy atom. The number of nitrogens with zero attached hydrogens (tertiary/aromatic N) is 4. The molecule has 4 heterocycles. The number of fused-ring (bicyclic) bond motifs is 10. The van der Waals surface area contributed by atoms with Crippen molar-refractivity contribution in [3.63, 3.8) is 0 Å². The van der Waals surface area contributed by atoms with E-state index >= 15 is 0 Å². The van der Waals surface area contributed by atoms with Crippen LogP contribution in [0.25, 0.3) is 44.3 Å². The van der Waals surface area contributed by atoms with Crippen LogP contribution in [0.3, 0.4) is 0 Å². The van der Waals surface area contributed by atoms with Crippen LogP contribution in [0.15, 0.2) is 24.3 Å². The molecular weight excluding hydrogens is 1170 g/mol. The molecule has 4 aliphatic rings. The molecule has 2 fully saturated rings. The largest absolute Gasteiger partial charge is 0.497 e. The fourth-order valence-electron chi connectivity index (χ4n) is 16.6. The minimum absolute atomic E-state index is 0.239. The smallest absolute Gasteiger partial charge is 0.399 e. The van der Waals surface area contributed by atoms with Crippen molar-refractivity contribution in [3.8, 4) is 22.3 Å². The zero-order valence-corrected chi connectivity index (χ0v) is 62.4. The van der Waals surface area contributed by atoms with Gasteiger partial charge in [-0.25, -0.2) is 0 Å². The highest BCUT2D eigenvalue weighted by molar-refractivity contribution is 7.00. The van der Waals surface area contributed by atoms with Crippen LogP contribution in [-0.4, -0.2) is 54.1 Å². The van der Waals surface area contributed by atoms with Crippen LogP contribution in [0.4, 0.5) is 0 Å². The van der Waals surface area contributed by atoms with E-state index in [0.717, 1.165) is 58.7 Å². The summed E-state index contributed by atoms with van der Waals surface area (Å²) in [5, 5.41) is 0. The highest BCUT2D eigenvalue weighted by Crippen LogP contribution is 2.63. The van der Waals surface area contributed by atoms with Crippen molar-refractivity contribution < 1.29 is 18.6 Å². The second kappa shape index (κ2) is 34.7. The maximum atomic E-state index is 7.06. The first-order valence-corrected chi connectivity index (χ1v) is 40.5. The van der Waals surface area contributed by atoms with Crippen LogP contribution in [0.2, 0.25) is 0 Å². The molecule has 0 atom stereocenters. The summed E-state index contributed by atoms with van der Waals surface area (Å²) in [6, 6.07) is 10.7. The van der Waals surface area contributed by atoms with E-state index in [9.17, 15) is 0 Å². The summed E-state index contributed by atoms with van der Waals surface area (Å²) in [5.74, 6) is 0. The summed E-state index contributed by atoms with van der Waals surface area (Å²) >= 11 is 2.73. The Balaban J connectivity index is 1.19. The van der Waals surface area contributed by atoms with E-state index < -0.39 is 36.6 Å². The first kappa shape index (κ1) is 73.5. The van der Waals surface area contributed by atoms with Gasteiger partial charge in [0.15, 0.2) is 0 Å². The minimum atomic E-state index is -0.539. The van der Waals surface area contributed by atoms with Gasteiger partial charge >= 0.3 is 14.2 Å². The molecule has 5 aromatic rings. The van der Waals surface area contributed by atoms with Gasteiger partial charge in [0.1, 0.15) is 22.1 Å². The fourth-order valence-corrected chi connectivity index (χ4v) is 17.8. The monoisotopic (exact) mass is 1290 g/mol. The Bertz CT molecular complexity index is 2770. The summed E-state index contributed by atoms with van der Waals surface area (Å²) in [5.41, 5.74) is 15.0. The Morgan fingerprint density at radius 3 is 0.739 bits per heavy atom. The summed E-state index contributed by atoms with van der Waals surface area (Å²) in [6.07, 6.45) is 57.4. The van der Waals surface area contributed by atoms with E-state index in [0.29, 0.717) is 0 Å². The summed E-state index contributed by atoms with van der Waals surface area (Å²) in [7, 11) is -1.08. The van der Waals surface area contributed by atoms with Crippen LogP contribution >= 0.6 is 23.5 Å². The minimum Gasteiger partial charge on any atom is -0.399 e. The van der Waals surface area contributed by atoms with Crippen molar-refractivity contribution in [1.82, 2.24) is 17.5 Å². The van der Waals surface area contributed by atoms with Crippen LogP contribution < -0.4 is 10.9 Å². The molecule has 12 heteroatoms. The van der Waals surface area contributed by atoms with Crippen molar-refractivity contribution in [2.45, 2.75) is 399 Å². The number of hydrogen-bond acceptors (Lipinski definition) is 10. The lowest BCUT2D eigenvalue weighted by Crippen LogP contribution is -2.41. The standard InChI is InChI=1S/C80H128B2N4O4S2/c1-13-17-21-25-29-33-37-41-45-49-53-79(54-50-46-42-38-34-30-26-22-18-14-2)63-57-62-64(58-61(63)69-65(79)59-67(71-73(69)85-91-83-71)81-87-75(5,6)76(7,8)88-81)80(55-51-47-43-39-35-31-27-23-19-15-3,56-52-48-44-40-36-32-28-24-20-16-4)66-60-68(72-74(70(62)66)86-92-84-72)82-89-77(9,10)78(11,12)90-82/h57-60H,13-56H2,1-12H3. The molecule has 3 aromatic carbocycles. The van der Waals surface area contributed by atoms with Crippen LogP contribution in [-0.2, 0) is 29.4 Å². The topological polar surface area (TPSA) is 88.5 Å². The third-order valence-electron chi connectivity index (χ3n) is 23.7. The molecule has 0 radical (unpaired) electrons. The van der Waals surface area contributed by atoms with Crippen LogP contribution in [0.5, 0.6) is 0 Å². The normalized spacial score (nSPS) is 17.8. The van der Waals surface area contributed by atoms with E-state index in [4.69, 9.17) is 36.1 Å². The highest BCUT2D eigenvalue weighted by Gasteiger charge is 2.56. The van der Waals surface area contributed by atoms with Crippen LogP contribution in [0, 0.1) is 0 Å². The van der Waals surface area contributed by atoms with Gasteiger partial charge in [0.25, 0.3) is 0 Å². The van der Waals surface area contributed by atoms with E-state index in [1.54, 1.807) is 0 Å². The second-order valence-corrected chi connectivity index (χ2v) is 32.8. The van der Waals surface area contributed by atoms with Gasteiger partial charge in [-0.15, -0.1) is 0 Å². The van der Waals surface area contributed by atoms with E-state index in [2.05, 4.69) is 107 Å². The van der Waals surface area contributed by atoms with Gasteiger partial charge in [0.2, 0.25) is 0 Å². The third-order valence-corrected chi connectivity index (χ3v) is 24.8. The quantitative estimate of drug-likeness (QED) is 0.0281. The number of rotatable bonds is 46. The lowest BCUT2D eigenvalue weighted by atomic mass is 9.67. The molecule has 0 amide bonds. The molecule has 2 saturated heterocycles. The lowest BCUT2D eigenvalue weighted by molar-refractivity contribution is 0.00578. The number of aromatic nitrogens is 4. The molecular formula is C80H128B2N4O4S2. The van der Waals surface area contributed by atoms with Crippen molar-refractivity contribution >= 4 is 70.7 Å². The Hall–Kier alpha value is -2.73. The predicted molar refractivity (Wildman–Crippen MR) is 398 cm³/mol. The summed E-state index contributed by atoms with van der Waals surface area (Å²) < 4.78 is 49.6. The van der Waals surface area contributed by atoms with Gasteiger partial charge in [0, 0.05) is 32.9 Å². The molecule has 0 spiro atoms. The van der Waals surface area contributed by atoms with Gasteiger partial charge in [0.05, 0.1) is 45.9 Å². The molecule has 92 heavy (non-hydrogen) atoms. The van der Waals surface area contributed by atoms with Crippen molar-refractivity contribution in [2.75, 3.05) is 0 Å². The first-order valence-electron chi connectivity index (χ1n) is 39.0. The van der Waals surface area contributed by atoms with Crippen LogP contribution in [0.1, 0.15) is 388 Å². The van der Waals surface area contributed by atoms with E-state index in [1.807, 2.05) is 0 Å². The molecule has 2 aromatic heterocycles. The van der Waals surface area contributed by atoms with Gasteiger partial charge < -0.3 is 18.6 Å².